The fourth-order valence-electron chi connectivity index (χ4n) is 1.50. The van der Waals surface area contributed by atoms with Crippen molar-refractivity contribution in [1.82, 2.24) is 9.55 Å². The summed E-state index contributed by atoms with van der Waals surface area (Å²) in [6.45, 7) is 1.87. The van der Waals surface area contributed by atoms with Crippen LogP contribution in [0.2, 0.25) is 0 Å². The predicted octanol–water partition coefficient (Wildman–Crippen LogP) is 0.540. The largest absolute Gasteiger partial charge is 0.494 e. The lowest BCUT2D eigenvalue weighted by atomic mass is 10.2. The standard InChI is InChI=1S/C11H10N2O3/c1-7-3-2-4-8(5-7)13-10(15)6-9(14)12-11(13)16/h2-6,15H,1H3,(H,12,14,16). The summed E-state index contributed by atoms with van der Waals surface area (Å²) < 4.78 is 1.04. The average molecular weight is 218 g/mol. The van der Waals surface area contributed by atoms with Crippen molar-refractivity contribution in [3.05, 3.63) is 56.7 Å². The molecule has 0 bridgehead atoms. The molecule has 0 radical (unpaired) electrons. The Hall–Kier alpha value is -2.30. The van der Waals surface area contributed by atoms with Gasteiger partial charge in [-0.1, -0.05) is 12.1 Å². The number of hydrogen-bond acceptors (Lipinski definition) is 3. The monoisotopic (exact) mass is 218 g/mol. The first-order valence-corrected chi connectivity index (χ1v) is 4.70. The van der Waals surface area contributed by atoms with Crippen LogP contribution in [-0.4, -0.2) is 14.7 Å². The highest BCUT2D eigenvalue weighted by atomic mass is 16.3. The second-order valence-electron chi connectivity index (χ2n) is 3.47. The van der Waals surface area contributed by atoms with Gasteiger partial charge in [0.25, 0.3) is 5.56 Å². The molecule has 1 heterocycles. The Morgan fingerprint density at radius 3 is 2.62 bits per heavy atom. The van der Waals surface area contributed by atoms with Crippen molar-refractivity contribution in [2.24, 2.45) is 0 Å². The third-order valence-corrected chi connectivity index (χ3v) is 2.18. The van der Waals surface area contributed by atoms with Crippen molar-refractivity contribution in [1.29, 1.82) is 0 Å². The number of aromatic hydroxyl groups is 1. The zero-order valence-electron chi connectivity index (χ0n) is 8.60. The molecule has 2 N–H and O–H groups in total. The Bertz CT molecular complexity index is 640. The lowest BCUT2D eigenvalue weighted by Crippen LogP contribution is -2.27. The van der Waals surface area contributed by atoms with Crippen LogP contribution in [0.1, 0.15) is 5.56 Å². The molecule has 2 aromatic rings. The molecule has 0 aliphatic rings. The molecule has 0 aliphatic carbocycles. The molecular weight excluding hydrogens is 208 g/mol. The molecular formula is C11H10N2O3. The summed E-state index contributed by atoms with van der Waals surface area (Å²) in [5.74, 6) is -0.376. The van der Waals surface area contributed by atoms with E-state index in [-0.39, 0.29) is 5.88 Å². The summed E-state index contributed by atoms with van der Waals surface area (Å²) >= 11 is 0. The highest BCUT2D eigenvalue weighted by Gasteiger charge is 2.06. The number of H-pyrrole nitrogens is 1. The number of rotatable bonds is 1. The number of nitrogens with one attached hydrogen (secondary N) is 1. The first kappa shape index (κ1) is 10.2. The second-order valence-corrected chi connectivity index (χ2v) is 3.47. The quantitative estimate of drug-likeness (QED) is 0.733. The summed E-state index contributed by atoms with van der Waals surface area (Å²) in [7, 11) is 0. The number of aromatic amines is 1. The normalized spacial score (nSPS) is 10.3. The van der Waals surface area contributed by atoms with Crippen LogP contribution in [0.3, 0.4) is 0 Å². The van der Waals surface area contributed by atoms with Gasteiger partial charge in [-0.15, -0.1) is 0 Å². The number of aromatic nitrogens is 2. The van der Waals surface area contributed by atoms with Gasteiger partial charge in [0, 0.05) is 0 Å². The van der Waals surface area contributed by atoms with Crippen molar-refractivity contribution >= 4 is 0 Å². The van der Waals surface area contributed by atoms with Crippen molar-refractivity contribution in [3.8, 4) is 11.6 Å². The van der Waals surface area contributed by atoms with Crippen LogP contribution < -0.4 is 11.2 Å². The van der Waals surface area contributed by atoms with Crippen molar-refractivity contribution in [2.45, 2.75) is 6.92 Å². The van der Waals surface area contributed by atoms with Gasteiger partial charge in [0.1, 0.15) is 0 Å². The minimum absolute atomic E-state index is 0.376. The molecule has 1 aromatic carbocycles. The SMILES string of the molecule is Cc1cccc(-n2c(O)cc(=O)[nH]c2=O)c1. The summed E-state index contributed by atoms with van der Waals surface area (Å²) in [6.07, 6.45) is 0. The van der Waals surface area contributed by atoms with Crippen molar-refractivity contribution < 1.29 is 5.11 Å². The van der Waals surface area contributed by atoms with E-state index in [4.69, 9.17) is 0 Å². The highest BCUT2D eigenvalue weighted by molar-refractivity contribution is 5.37. The maximum atomic E-state index is 11.5. The maximum absolute atomic E-state index is 11.5. The van der Waals surface area contributed by atoms with Gasteiger partial charge in [0.05, 0.1) is 11.8 Å². The topological polar surface area (TPSA) is 75.1 Å². The fraction of sp³-hybridized carbons (Fsp3) is 0.0909. The molecule has 0 saturated heterocycles. The Balaban J connectivity index is 2.74. The number of aryl methyl sites for hydroxylation is 1. The van der Waals surface area contributed by atoms with Crippen LogP contribution in [0.5, 0.6) is 5.88 Å². The lowest BCUT2D eigenvalue weighted by Gasteiger charge is -2.07. The predicted molar refractivity (Wildman–Crippen MR) is 59.1 cm³/mol. The van der Waals surface area contributed by atoms with E-state index in [9.17, 15) is 14.7 Å². The van der Waals surface area contributed by atoms with Gasteiger partial charge < -0.3 is 5.11 Å². The minimum atomic E-state index is -0.657. The van der Waals surface area contributed by atoms with Crippen LogP contribution >= 0.6 is 0 Å². The van der Waals surface area contributed by atoms with E-state index in [1.165, 1.54) is 0 Å². The van der Waals surface area contributed by atoms with Gasteiger partial charge in [-0.3, -0.25) is 9.78 Å². The van der Waals surface area contributed by atoms with Gasteiger partial charge in [-0.25, -0.2) is 9.36 Å². The summed E-state index contributed by atoms with van der Waals surface area (Å²) in [5.41, 5.74) is 0.191. The lowest BCUT2D eigenvalue weighted by molar-refractivity contribution is 0.431. The summed E-state index contributed by atoms with van der Waals surface area (Å²) in [6, 6.07) is 8.01. The van der Waals surface area contributed by atoms with E-state index in [0.717, 1.165) is 16.2 Å². The average Bonchev–Trinajstić information content (AvgIpc) is 2.15. The van der Waals surface area contributed by atoms with Gasteiger partial charge in [0.15, 0.2) is 0 Å². The van der Waals surface area contributed by atoms with Crippen LogP contribution in [0.4, 0.5) is 0 Å². The molecule has 0 atom stereocenters. The zero-order valence-corrected chi connectivity index (χ0v) is 8.60. The van der Waals surface area contributed by atoms with Gasteiger partial charge in [0.2, 0.25) is 5.88 Å². The molecule has 82 valence electrons. The molecule has 1 aromatic heterocycles. The third kappa shape index (κ3) is 1.75. The fourth-order valence-corrected chi connectivity index (χ4v) is 1.50. The molecule has 5 heteroatoms. The van der Waals surface area contributed by atoms with Crippen LogP contribution in [0.15, 0.2) is 39.9 Å². The van der Waals surface area contributed by atoms with E-state index >= 15 is 0 Å². The molecule has 16 heavy (non-hydrogen) atoms. The molecule has 5 nitrogen and oxygen atoms in total. The molecule has 0 aliphatic heterocycles. The molecule has 0 saturated carbocycles. The molecule has 0 fully saturated rings. The van der Waals surface area contributed by atoms with E-state index < -0.39 is 11.2 Å². The van der Waals surface area contributed by atoms with Crippen LogP contribution in [0, 0.1) is 6.92 Å². The molecule has 0 spiro atoms. The Kier molecular flexibility index (Phi) is 2.36. The van der Waals surface area contributed by atoms with Gasteiger partial charge in [-0.2, -0.15) is 0 Å². The van der Waals surface area contributed by atoms with Crippen molar-refractivity contribution in [2.75, 3.05) is 0 Å². The van der Waals surface area contributed by atoms with Crippen LogP contribution in [-0.2, 0) is 0 Å². The Morgan fingerprint density at radius 2 is 2.00 bits per heavy atom. The van der Waals surface area contributed by atoms with Crippen molar-refractivity contribution in [3.63, 3.8) is 0 Å². The van der Waals surface area contributed by atoms with E-state index in [0.29, 0.717) is 5.69 Å². The molecule has 2 rings (SSSR count). The van der Waals surface area contributed by atoms with E-state index in [1.807, 2.05) is 13.0 Å². The molecule has 0 amide bonds. The summed E-state index contributed by atoms with van der Waals surface area (Å²) in [5, 5.41) is 9.56. The Morgan fingerprint density at radius 1 is 1.25 bits per heavy atom. The second kappa shape index (κ2) is 3.69. The first-order valence-electron chi connectivity index (χ1n) is 4.70. The zero-order chi connectivity index (χ0) is 11.7. The highest BCUT2D eigenvalue weighted by Crippen LogP contribution is 2.12. The smallest absolute Gasteiger partial charge is 0.335 e. The van der Waals surface area contributed by atoms with Gasteiger partial charge >= 0.3 is 5.69 Å². The molecule has 0 unspecified atom stereocenters. The Labute approximate surface area is 90.6 Å². The first-order chi connectivity index (χ1) is 7.58. The van der Waals surface area contributed by atoms with Crippen LogP contribution in [0.25, 0.3) is 5.69 Å². The van der Waals surface area contributed by atoms with Gasteiger partial charge in [-0.05, 0) is 24.6 Å². The number of hydrogen-bond donors (Lipinski definition) is 2. The van der Waals surface area contributed by atoms with E-state index in [2.05, 4.69) is 4.98 Å². The third-order valence-electron chi connectivity index (χ3n) is 2.18. The minimum Gasteiger partial charge on any atom is -0.494 e. The number of benzene rings is 1. The van der Waals surface area contributed by atoms with E-state index in [1.54, 1.807) is 18.2 Å². The maximum Gasteiger partial charge on any atom is 0.335 e. The summed E-state index contributed by atoms with van der Waals surface area (Å²) in [4.78, 5) is 24.5. The number of nitrogens with zero attached hydrogens (tertiary/aromatic N) is 1.